The molecule has 0 saturated heterocycles. The molecule has 1 amide bonds. The second kappa shape index (κ2) is 9.73. The number of nitrogens with zero attached hydrogens (tertiary/aromatic N) is 4. The van der Waals surface area contributed by atoms with Crippen LogP contribution in [0.3, 0.4) is 0 Å². The van der Waals surface area contributed by atoms with Gasteiger partial charge in [-0.2, -0.15) is 0 Å². The molecule has 3 N–H and O–H groups in total. The lowest BCUT2D eigenvalue weighted by molar-refractivity contribution is -0.383. The minimum atomic E-state index is -0.672. The largest absolute Gasteiger partial charge is 0.482 e. The summed E-state index contributed by atoms with van der Waals surface area (Å²) < 4.78 is 5.31. The summed E-state index contributed by atoms with van der Waals surface area (Å²) in [6.45, 7) is 3.30. The summed E-state index contributed by atoms with van der Waals surface area (Å²) >= 11 is 13.1. The van der Waals surface area contributed by atoms with Crippen molar-refractivity contribution in [2.75, 3.05) is 17.3 Å². The van der Waals surface area contributed by atoms with Crippen molar-refractivity contribution in [3.8, 4) is 5.75 Å². The fourth-order valence-corrected chi connectivity index (χ4v) is 3.54. The van der Waals surface area contributed by atoms with E-state index in [1.54, 1.807) is 6.07 Å². The monoisotopic (exact) mass is 483 g/mol. The lowest BCUT2D eigenvalue weighted by Gasteiger charge is -2.11. The number of nitro groups is 1. The third-order valence-electron chi connectivity index (χ3n) is 3.83. The van der Waals surface area contributed by atoms with Crippen LogP contribution in [0.25, 0.3) is 0 Å². The van der Waals surface area contributed by atoms with Gasteiger partial charge in [0.05, 0.1) is 15.6 Å². The first-order chi connectivity index (χ1) is 14.7. The Morgan fingerprint density at radius 1 is 1.26 bits per heavy atom. The number of hydrazine groups is 1. The number of carbonyl (C=O) groups excluding carboxylic acids is 1. The van der Waals surface area contributed by atoms with E-state index < -0.39 is 23.1 Å². The molecule has 3 rings (SSSR count). The van der Waals surface area contributed by atoms with Crippen LogP contribution in [0.1, 0.15) is 10.6 Å². The van der Waals surface area contributed by atoms with Crippen LogP contribution in [-0.2, 0) is 4.79 Å². The molecule has 2 heterocycles. The highest BCUT2D eigenvalue weighted by Crippen LogP contribution is 2.32. The Hall–Kier alpha value is -3.22. The maximum Gasteiger partial charge on any atom is 0.355 e. The van der Waals surface area contributed by atoms with Crippen LogP contribution in [0.4, 0.5) is 22.5 Å². The number of nitrogens with one attached hydrogen (secondary N) is 3. The van der Waals surface area contributed by atoms with Gasteiger partial charge in [-0.05, 0) is 32.0 Å². The smallest absolute Gasteiger partial charge is 0.355 e. The van der Waals surface area contributed by atoms with Crippen molar-refractivity contribution in [2.24, 2.45) is 0 Å². The van der Waals surface area contributed by atoms with Gasteiger partial charge in [0.1, 0.15) is 12.1 Å². The van der Waals surface area contributed by atoms with Gasteiger partial charge in [0.15, 0.2) is 11.7 Å². The van der Waals surface area contributed by atoms with Gasteiger partial charge >= 0.3 is 5.69 Å². The van der Waals surface area contributed by atoms with Crippen LogP contribution < -0.4 is 20.9 Å². The van der Waals surface area contributed by atoms with Crippen molar-refractivity contribution in [2.45, 2.75) is 13.8 Å². The van der Waals surface area contributed by atoms with E-state index in [-0.39, 0.29) is 22.4 Å². The highest BCUT2D eigenvalue weighted by atomic mass is 35.5. The van der Waals surface area contributed by atoms with Crippen molar-refractivity contribution in [1.82, 2.24) is 20.4 Å². The molecule has 11 nitrogen and oxygen atoms in total. The standard InChI is InChI=1S/C17H15Cl2N7O4S/c1-8-9(2)31-17(22-8)23-15-14(26(28)29)16(21-7-20-15)25-24-13(27)6-30-12-4-3-10(18)5-11(12)19/h3-5,7H,6H2,1-2H3,(H,24,27)(H2,20,21,22,23,25). The van der Waals surface area contributed by atoms with Crippen LogP contribution in [-0.4, -0.2) is 32.4 Å². The summed E-state index contributed by atoms with van der Waals surface area (Å²) in [5, 5.41) is 15.5. The van der Waals surface area contributed by atoms with Crippen LogP contribution in [0.15, 0.2) is 24.5 Å². The van der Waals surface area contributed by atoms with E-state index in [9.17, 15) is 14.9 Å². The van der Waals surface area contributed by atoms with E-state index >= 15 is 0 Å². The molecule has 0 aliphatic rings. The predicted molar refractivity (Wildman–Crippen MR) is 117 cm³/mol. The van der Waals surface area contributed by atoms with Gasteiger partial charge in [0.2, 0.25) is 11.6 Å². The molecular formula is C17H15Cl2N7O4S. The highest BCUT2D eigenvalue weighted by molar-refractivity contribution is 7.15. The number of benzene rings is 1. The first-order valence-corrected chi connectivity index (χ1v) is 10.1. The summed E-state index contributed by atoms with van der Waals surface area (Å²) in [6.07, 6.45) is 1.11. The van der Waals surface area contributed by atoms with Gasteiger partial charge < -0.3 is 10.1 Å². The van der Waals surface area contributed by atoms with Crippen LogP contribution >= 0.6 is 34.5 Å². The summed E-state index contributed by atoms with van der Waals surface area (Å²) in [5.74, 6) is -0.658. The van der Waals surface area contributed by atoms with Crippen LogP contribution in [0.2, 0.25) is 10.0 Å². The van der Waals surface area contributed by atoms with Crippen molar-refractivity contribution in [1.29, 1.82) is 0 Å². The third kappa shape index (κ3) is 5.69. The fourth-order valence-electron chi connectivity index (χ4n) is 2.26. The number of halogens is 2. The number of thiazole rings is 1. The zero-order chi connectivity index (χ0) is 22.5. The van der Waals surface area contributed by atoms with Crippen molar-refractivity contribution >= 4 is 62.9 Å². The molecular weight excluding hydrogens is 469 g/mol. The van der Waals surface area contributed by atoms with Crippen molar-refractivity contribution in [3.05, 3.63) is 55.3 Å². The first kappa shape index (κ1) is 22.5. The third-order valence-corrected chi connectivity index (χ3v) is 5.35. The number of amides is 1. The Bertz CT molecular complexity index is 1120. The molecule has 0 radical (unpaired) electrons. The minimum absolute atomic E-state index is 0.0744. The molecule has 31 heavy (non-hydrogen) atoms. The fraction of sp³-hybridized carbons (Fsp3) is 0.176. The van der Waals surface area contributed by atoms with Crippen LogP contribution in [0, 0.1) is 24.0 Å². The number of anilines is 3. The van der Waals surface area contributed by atoms with Gasteiger partial charge in [0.25, 0.3) is 5.91 Å². The number of hydrogen-bond acceptors (Lipinski definition) is 10. The molecule has 0 aliphatic heterocycles. The summed E-state index contributed by atoms with van der Waals surface area (Å²) in [5.41, 5.74) is 5.03. The van der Waals surface area contributed by atoms with E-state index in [1.165, 1.54) is 23.5 Å². The summed E-state index contributed by atoms with van der Waals surface area (Å²) in [6, 6.07) is 4.54. The van der Waals surface area contributed by atoms with Crippen molar-refractivity contribution < 1.29 is 14.5 Å². The van der Waals surface area contributed by atoms with Gasteiger partial charge in [-0.1, -0.05) is 23.2 Å². The van der Waals surface area contributed by atoms with E-state index in [1.807, 2.05) is 13.8 Å². The molecule has 0 saturated carbocycles. The average molecular weight is 484 g/mol. The quantitative estimate of drug-likeness (QED) is 0.319. The number of ether oxygens (including phenoxy) is 1. The summed E-state index contributed by atoms with van der Waals surface area (Å²) in [7, 11) is 0. The molecule has 1 aromatic carbocycles. The predicted octanol–water partition coefficient (Wildman–Crippen LogP) is 4.03. The molecule has 162 valence electrons. The normalized spacial score (nSPS) is 10.5. The Balaban J connectivity index is 1.67. The SMILES string of the molecule is Cc1nc(Nc2ncnc(NNC(=O)COc3ccc(Cl)cc3Cl)c2[N+](=O)[O-])sc1C. The van der Waals surface area contributed by atoms with Crippen molar-refractivity contribution in [3.63, 3.8) is 0 Å². The van der Waals surface area contributed by atoms with Gasteiger partial charge in [-0.3, -0.25) is 25.8 Å². The molecule has 0 spiro atoms. The Labute approximate surface area is 189 Å². The number of aromatic nitrogens is 3. The number of hydrogen-bond donors (Lipinski definition) is 3. The summed E-state index contributed by atoms with van der Waals surface area (Å²) in [4.78, 5) is 36.0. The lowest BCUT2D eigenvalue weighted by atomic mass is 10.3. The lowest BCUT2D eigenvalue weighted by Crippen LogP contribution is -2.34. The van der Waals surface area contributed by atoms with E-state index in [4.69, 9.17) is 27.9 Å². The molecule has 3 aromatic rings. The minimum Gasteiger partial charge on any atom is -0.482 e. The average Bonchev–Trinajstić information content (AvgIpc) is 3.02. The van der Waals surface area contributed by atoms with Crippen LogP contribution in [0.5, 0.6) is 5.75 Å². The first-order valence-electron chi connectivity index (χ1n) is 8.57. The highest BCUT2D eigenvalue weighted by Gasteiger charge is 2.24. The van der Waals surface area contributed by atoms with Gasteiger partial charge in [0, 0.05) is 9.90 Å². The van der Waals surface area contributed by atoms with E-state index in [0.717, 1.165) is 16.9 Å². The Morgan fingerprint density at radius 3 is 2.65 bits per heavy atom. The number of aryl methyl sites for hydroxylation is 2. The van der Waals surface area contributed by atoms with Gasteiger partial charge in [-0.25, -0.2) is 15.0 Å². The molecule has 0 bridgehead atoms. The molecule has 0 aliphatic carbocycles. The van der Waals surface area contributed by atoms with Gasteiger partial charge in [-0.15, -0.1) is 11.3 Å². The molecule has 0 atom stereocenters. The maximum atomic E-state index is 12.1. The second-order valence-electron chi connectivity index (χ2n) is 6.00. The van der Waals surface area contributed by atoms with E-state index in [0.29, 0.717) is 10.2 Å². The van der Waals surface area contributed by atoms with E-state index in [2.05, 4.69) is 31.1 Å². The second-order valence-corrected chi connectivity index (χ2v) is 8.05. The Morgan fingerprint density at radius 2 is 2.00 bits per heavy atom. The topological polar surface area (TPSA) is 144 Å². The molecule has 14 heteroatoms. The number of rotatable bonds is 8. The zero-order valence-corrected chi connectivity index (χ0v) is 18.4. The molecule has 0 fully saturated rings. The Kier molecular flexibility index (Phi) is 7.05. The maximum absolute atomic E-state index is 12.1. The molecule has 2 aromatic heterocycles. The number of carbonyl (C=O) groups is 1. The molecule has 0 unspecified atom stereocenters. The zero-order valence-electron chi connectivity index (χ0n) is 16.1.